The van der Waals surface area contributed by atoms with E-state index >= 15 is 4.39 Å². The van der Waals surface area contributed by atoms with E-state index in [1.807, 2.05) is 13.0 Å². The summed E-state index contributed by atoms with van der Waals surface area (Å²) >= 11 is 0. The van der Waals surface area contributed by atoms with Crippen LogP contribution in [0.1, 0.15) is 68.2 Å². The zero-order valence-corrected chi connectivity index (χ0v) is 25.7. The third-order valence-corrected chi connectivity index (χ3v) is 8.38. The number of allylic oxidation sites excluding steroid dienone is 12. The van der Waals surface area contributed by atoms with Crippen molar-refractivity contribution in [3.8, 4) is 0 Å². The minimum absolute atomic E-state index is 0.0412. The van der Waals surface area contributed by atoms with Gasteiger partial charge >= 0.3 is 0 Å². The summed E-state index contributed by atoms with van der Waals surface area (Å²) in [7, 11) is 1.53. The molecule has 2 aromatic carbocycles. The number of hydrogen-bond acceptors (Lipinski definition) is 2. The van der Waals surface area contributed by atoms with Gasteiger partial charge in [0.05, 0.1) is 11.1 Å². The second kappa shape index (κ2) is 13.7. The van der Waals surface area contributed by atoms with Crippen LogP contribution in [0, 0.1) is 17.5 Å². The number of rotatable bonds is 12. The molecule has 2 aliphatic carbocycles. The highest BCUT2D eigenvalue weighted by Gasteiger charge is 2.50. The van der Waals surface area contributed by atoms with Crippen LogP contribution < -0.4 is 0 Å². The fourth-order valence-electron chi connectivity index (χ4n) is 5.50. The molecule has 0 saturated heterocycles. The first kappa shape index (κ1) is 33.5. The molecule has 0 unspecified atom stereocenters. The summed E-state index contributed by atoms with van der Waals surface area (Å²) in [5.41, 5.74) is 1.50. The van der Waals surface area contributed by atoms with Crippen LogP contribution in [0.4, 0.5) is 22.0 Å². The van der Waals surface area contributed by atoms with E-state index in [-0.39, 0.29) is 40.9 Å². The predicted molar refractivity (Wildman–Crippen MR) is 173 cm³/mol. The average molecular weight is 618 g/mol. The van der Waals surface area contributed by atoms with Gasteiger partial charge in [0.2, 0.25) is 0 Å². The number of halogens is 5. The Hall–Kier alpha value is -4.39. The van der Waals surface area contributed by atoms with E-state index in [2.05, 4.69) is 18.2 Å². The van der Waals surface area contributed by atoms with Crippen LogP contribution in [0.2, 0.25) is 0 Å². The molecule has 1 fully saturated rings. The van der Waals surface area contributed by atoms with Crippen LogP contribution >= 0.6 is 0 Å². The van der Waals surface area contributed by atoms with E-state index < -0.39 is 35.2 Å². The summed E-state index contributed by atoms with van der Waals surface area (Å²) in [5.74, 6) is -5.81. The van der Waals surface area contributed by atoms with Gasteiger partial charge in [-0.05, 0) is 72.2 Å². The maximum absolute atomic E-state index is 16.5. The molecular formula is C38H36F5NO. The van der Waals surface area contributed by atoms with Gasteiger partial charge in [0.1, 0.15) is 11.6 Å². The third kappa shape index (κ3) is 6.98. The van der Waals surface area contributed by atoms with Crippen LogP contribution in [0.3, 0.4) is 0 Å². The van der Waals surface area contributed by atoms with Crippen molar-refractivity contribution in [2.24, 2.45) is 4.99 Å². The minimum Gasteiger partial charge on any atom is -0.299 e. The van der Waals surface area contributed by atoms with Crippen molar-refractivity contribution in [3.05, 3.63) is 143 Å². The number of aliphatic imine (C=N–C) groups is 1. The standard InChI is InChI=1S/C38H36F5NO/c1-6-8-9-10-33(44-5)35-29(26-13-11-25(4)30(18-14-26)38(42,43)7-2)17-16-28(36(35)41)24(3)12-20-34(45)37(21-22-37)27-15-19-31(39)32(40)23-27/h6,8-11,13-19,23H,3-4,7,12,20-22H2,1-2,5H3. The van der Waals surface area contributed by atoms with Crippen LogP contribution in [-0.2, 0) is 10.2 Å². The molecule has 0 aromatic heterocycles. The smallest absolute Gasteiger partial charge is 0.273 e. The summed E-state index contributed by atoms with van der Waals surface area (Å²) in [4.78, 5) is 17.6. The maximum Gasteiger partial charge on any atom is 0.273 e. The van der Waals surface area contributed by atoms with Gasteiger partial charge in [-0.2, -0.15) is 0 Å². The lowest BCUT2D eigenvalue weighted by molar-refractivity contribution is -0.121. The highest BCUT2D eigenvalue weighted by atomic mass is 19.3. The summed E-state index contributed by atoms with van der Waals surface area (Å²) < 4.78 is 73.2. The second-order valence-corrected chi connectivity index (χ2v) is 11.2. The molecule has 2 nitrogen and oxygen atoms in total. The van der Waals surface area contributed by atoms with Crippen molar-refractivity contribution >= 4 is 22.6 Å². The third-order valence-electron chi connectivity index (χ3n) is 8.38. The fourth-order valence-corrected chi connectivity index (χ4v) is 5.50. The molecule has 0 N–H and O–H groups in total. The van der Waals surface area contributed by atoms with Gasteiger partial charge in [-0.1, -0.05) is 80.8 Å². The highest BCUT2D eigenvalue weighted by molar-refractivity contribution is 6.13. The van der Waals surface area contributed by atoms with Crippen molar-refractivity contribution < 1.29 is 26.7 Å². The number of carbonyl (C=O) groups excluding carboxylic acids is 1. The molecule has 0 aliphatic heterocycles. The van der Waals surface area contributed by atoms with Crippen molar-refractivity contribution in [1.82, 2.24) is 0 Å². The Morgan fingerprint density at radius 1 is 1.02 bits per heavy atom. The average Bonchev–Trinajstić information content (AvgIpc) is 3.85. The molecule has 7 heteroatoms. The molecular weight excluding hydrogens is 581 g/mol. The van der Waals surface area contributed by atoms with E-state index in [1.54, 1.807) is 36.4 Å². The van der Waals surface area contributed by atoms with Gasteiger partial charge in [-0.3, -0.25) is 9.79 Å². The lowest BCUT2D eigenvalue weighted by atomic mass is 9.86. The van der Waals surface area contributed by atoms with E-state index in [9.17, 15) is 22.4 Å². The van der Waals surface area contributed by atoms with Crippen molar-refractivity contribution in [1.29, 1.82) is 0 Å². The zero-order chi connectivity index (χ0) is 32.9. The molecule has 0 radical (unpaired) electrons. The van der Waals surface area contributed by atoms with E-state index in [4.69, 9.17) is 0 Å². The molecule has 0 bridgehead atoms. The number of ketones is 1. The number of alkyl halides is 2. The highest BCUT2D eigenvalue weighted by Crippen LogP contribution is 2.50. The summed E-state index contributed by atoms with van der Waals surface area (Å²) in [6.07, 6.45) is 13.8. The van der Waals surface area contributed by atoms with Crippen LogP contribution in [0.5, 0.6) is 0 Å². The number of nitrogens with zero attached hydrogens (tertiary/aromatic N) is 1. The van der Waals surface area contributed by atoms with Crippen molar-refractivity contribution in [3.63, 3.8) is 0 Å². The molecule has 0 atom stereocenters. The minimum atomic E-state index is -3.07. The topological polar surface area (TPSA) is 29.4 Å². The largest absolute Gasteiger partial charge is 0.299 e. The van der Waals surface area contributed by atoms with Gasteiger partial charge in [0.15, 0.2) is 11.6 Å². The van der Waals surface area contributed by atoms with Gasteiger partial charge in [-0.15, -0.1) is 0 Å². The number of hydrogen-bond donors (Lipinski definition) is 0. The monoisotopic (exact) mass is 617 g/mol. The molecule has 2 aliphatic rings. The summed E-state index contributed by atoms with van der Waals surface area (Å²) in [5, 5.41) is 0. The predicted octanol–water partition coefficient (Wildman–Crippen LogP) is 10.2. The van der Waals surface area contributed by atoms with Crippen LogP contribution in [0.25, 0.3) is 11.1 Å². The molecule has 1 saturated carbocycles. The molecule has 234 valence electrons. The van der Waals surface area contributed by atoms with E-state index in [0.29, 0.717) is 40.8 Å². The van der Waals surface area contributed by atoms with Gasteiger partial charge in [-0.25, -0.2) is 22.0 Å². The number of Topliss-reactive ketones (excluding diaryl/α,β-unsaturated/α-hetero) is 1. The van der Waals surface area contributed by atoms with Crippen molar-refractivity contribution in [2.75, 3.05) is 7.05 Å². The van der Waals surface area contributed by atoms with Gasteiger partial charge in [0, 0.05) is 36.6 Å². The van der Waals surface area contributed by atoms with Crippen LogP contribution in [-0.4, -0.2) is 24.5 Å². The maximum atomic E-state index is 16.5. The Balaban J connectivity index is 1.70. The summed E-state index contributed by atoms with van der Waals surface area (Å²) in [6, 6.07) is 6.78. The Morgan fingerprint density at radius 2 is 1.76 bits per heavy atom. The summed E-state index contributed by atoms with van der Waals surface area (Å²) in [6.45, 7) is 11.1. The number of carbonyl (C=O) groups is 1. The lowest BCUT2D eigenvalue weighted by Gasteiger charge is -2.18. The van der Waals surface area contributed by atoms with Gasteiger partial charge < -0.3 is 0 Å². The SMILES string of the molecule is C=C1C=CC(c2ccc(C(=C)CCC(=O)C3(c4ccc(F)c(F)c4)CC3)c(F)c2C(C=CC=CC)=NC)=CC=C1C(F)(F)CC. The lowest BCUT2D eigenvalue weighted by Crippen LogP contribution is -2.20. The quantitative estimate of drug-likeness (QED) is 0.132. The molecule has 45 heavy (non-hydrogen) atoms. The Bertz CT molecular complexity index is 1710. The van der Waals surface area contributed by atoms with Crippen molar-refractivity contribution in [2.45, 2.75) is 57.3 Å². The van der Waals surface area contributed by atoms with E-state index in [0.717, 1.165) is 12.1 Å². The zero-order valence-electron chi connectivity index (χ0n) is 25.7. The van der Waals surface area contributed by atoms with E-state index in [1.165, 1.54) is 38.3 Å². The Labute approximate surface area is 261 Å². The van der Waals surface area contributed by atoms with Gasteiger partial charge in [0.25, 0.3) is 5.92 Å². The first-order valence-corrected chi connectivity index (χ1v) is 14.8. The number of benzene rings is 2. The second-order valence-electron chi connectivity index (χ2n) is 11.2. The van der Waals surface area contributed by atoms with Crippen LogP contribution in [0.15, 0.2) is 108 Å². The normalized spacial score (nSPS) is 16.6. The molecule has 4 rings (SSSR count). The molecule has 0 heterocycles. The Morgan fingerprint density at radius 3 is 2.38 bits per heavy atom. The first-order valence-electron chi connectivity index (χ1n) is 14.8. The molecule has 2 aromatic rings. The molecule has 0 spiro atoms. The fraction of sp³-hybridized carbons (Fsp3) is 0.263. The Kier molecular flexibility index (Phi) is 10.2. The molecule has 0 amide bonds. The first-order chi connectivity index (χ1) is 21.4.